The van der Waals surface area contributed by atoms with E-state index in [1.807, 2.05) is 56.3 Å². The molecule has 0 unspecified atom stereocenters. The van der Waals surface area contributed by atoms with Crippen molar-refractivity contribution in [1.82, 2.24) is 10.3 Å². The monoisotopic (exact) mass is 652 g/mol. The number of carbonyl (C=O) groups excluding carboxylic acids is 3. The van der Waals surface area contributed by atoms with Crippen LogP contribution in [-0.2, 0) is 9.59 Å². The molecule has 0 aliphatic rings. The molecule has 5 aromatic rings. The van der Waals surface area contributed by atoms with Crippen molar-refractivity contribution in [2.75, 3.05) is 16.4 Å². The van der Waals surface area contributed by atoms with Gasteiger partial charge >= 0.3 is 0 Å². The summed E-state index contributed by atoms with van der Waals surface area (Å²) in [4.78, 5) is 45.3. The number of anilines is 2. The minimum absolute atomic E-state index is 0.0594. The van der Waals surface area contributed by atoms with Crippen LogP contribution in [-0.4, -0.2) is 28.5 Å². The van der Waals surface area contributed by atoms with Gasteiger partial charge in [0.05, 0.1) is 11.4 Å². The Kier molecular flexibility index (Phi) is 10.5. The van der Waals surface area contributed by atoms with E-state index in [1.54, 1.807) is 66.7 Å². The Morgan fingerprint density at radius 2 is 1.60 bits per heavy atom. The summed E-state index contributed by atoms with van der Waals surface area (Å²) in [7, 11) is 0. The minimum Gasteiger partial charge on any atom is -0.321 e. The predicted molar refractivity (Wildman–Crippen MR) is 185 cm³/mol. The van der Waals surface area contributed by atoms with Crippen LogP contribution in [0, 0.1) is 13.8 Å². The molecule has 0 aliphatic carbocycles. The van der Waals surface area contributed by atoms with Crippen molar-refractivity contribution < 1.29 is 14.4 Å². The molecule has 0 fully saturated rings. The number of amides is 3. The summed E-state index contributed by atoms with van der Waals surface area (Å²) in [5.74, 6) is -0.875. The second kappa shape index (κ2) is 14.9. The van der Waals surface area contributed by atoms with E-state index in [9.17, 15) is 14.4 Å². The molecule has 3 amide bonds. The van der Waals surface area contributed by atoms with E-state index in [0.29, 0.717) is 27.0 Å². The van der Waals surface area contributed by atoms with Crippen LogP contribution in [0.4, 0.5) is 10.8 Å². The van der Waals surface area contributed by atoms with Gasteiger partial charge in [-0.05, 0) is 74.0 Å². The molecule has 7 nitrogen and oxygen atoms in total. The van der Waals surface area contributed by atoms with Crippen molar-refractivity contribution in [3.8, 4) is 11.3 Å². The maximum Gasteiger partial charge on any atom is 0.272 e. The summed E-state index contributed by atoms with van der Waals surface area (Å²) in [5.41, 5.74) is 4.73. The fourth-order valence-electron chi connectivity index (χ4n) is 4.27. The topological polar surface area (TPSA) is 100 Å². The lowest BCUT2D eigenvalue weighted by molar-refractivity contribution is -0.114. The number of benzene rings is 4. The van der Waals surface area contributed by atoms with Crippen LogP contribution in [0.2, 0.25) is 5.02 Å². The van der Waals surface area contributed by atoms with E-state index < -0.39 is 11.8 Å². The molecule has 226 valence electrons. The number of aromatic nitrogens is 1. The minimum atomic E-state index is -0.497. The Labute approximate surface area is 274 Å². The average molecular weight is 653 g/mol. The fraction of sp³-hybridized carbons (Fsp3) is 0.0857. The highest BCUT2D eigenvalue weighted by atomic mass is 35.5. The van der Waals surface area contributed by atoms with Crippen molar-refractivity contribution in [3.63, 3.8) is 0 Å². The second-order valence-electron chi connectivity index (χ2n) is 10.0. The van der Waals surface area contributed by atoms with Crippen LogP contribution < -0.4 is 16.0 Å². The molecule has 0 aliphatic heterocycles. The summed E-state index contributed by atoms with van der Waals surface area (Å²) in [5, 5.41) is 9.52. The zero-order chi connectivity index (χ0) is 31.8. The number of thioether (sulfide) groups is 1. The van der Waals surface area contributed by atoms with Crippen LogP contribution in [0.15, 0.2) is 114 Å². The molecule has 45 heavy (non-hydrogen) atoms. The predicted octanol–water partition coefficient (Wildman–Crippen LogP) is 8.22. The van der Waals surface area contributed by atoms with Gasteiger partial charge in [0.1, 0.15) is 5.70 Å². The van der Waals surface area contributed by atoms with Crippen LogP contribution in [0.5, 0.6) is 0 Å². The number of carbonyl (C=O) groups is 3. The quantitative estimate of drug-likeness (QED) is 0.104. The molecule has 3 N–H and O–H groups in total. The lowest BCUT2D eigenvalue weighted by Gasteiger charge is -2.12. The van der Waals surface area contributed by atoms with Crippen molar-refractivity contribution in [3.05, 3.63) is 135 Å². The number of nitrogens with zero attached hydrogens (tertiary/aromatic N) is 1. The van der Waals surface area contributed by atoms with Gasteiger partial charge in [0, 0.05) is 31.6 Å². The van der Waals surface area contributed by atoms with Crippen LogP contribution in [0.25, 0.3) is 17.3 Å². The summed E-state index contributed by atoms with van der Waals surface area (Å²) < 4.78 is 0. The molecule has 0 radical (unpaired) electrons. The number of thiazole rings is 1. The number of aryl methyl sites for hydroxylation is 2. The Balaban J connectivity index is 1.19. The largest absolute Gasteiger partial charge is 0.321 e. The molecule has 10 heteroatoms. The van der Waals surface area contributed by atoms with Crippen molar-refractivity contribution in [1.29, 1.82) is 0 Å². The summed E-state index contributed by atoms with van der Waals surface area (Å²) >= 11 is 8.95. The zero-order valence-electron chi connectivity index (χ0n) is 24.5. The Morgan fingerprint density at radius 3 is 2.31 bits per heavy atom. The van der Waals surface area contributed by atoms with E-state index in [-0.39, 0.29) is 17.4 Å². The molecule has 5 rings (SSSR count). The molecule has 0 atom stereocenters. The second-order valence-corrected chi connectivity index (χ2v) is 12.7. The summed E-state index contributed by atoms with van der Waals surface area (Å²) in [6.45, 7) is 4.03. The van der Waals surface area contributed by atoms with Gasteiger partial charge in [-0.15, -0.1) is 23.1 Å². The van der Waals surface area contributed by atoms with Gasteiger partial charge in [0.15, 0.2) is 5.13 Å². The maximum atomic E-state index is 13.3. The Bertz CT molecular complexity index is 1850. The average Bonchev–Trinajstić information content (AvgIpc) is 3.40. The Hall–Kier alpha value is -4.70. The highest BCUT2D eigenvalue weighted by Gasteiger charge is 2.16. The van der Waals surface area contributed by atoms with Gasteiger partial charge in [-0.1, -0.05) is 71.8 Å². The number of hydrogen-bond donors (Lipinski definition) is 3. The normalized spacial score (nSPS) is 11.1. The van der Waals surface area contributed by atoms with Gasteiger partial charge in [-0.2, -0.15) is 0 Å². The van der Waals surface area contributed by atoms with E-state index in [0.717, 1.165) is 21.0 Å². The molecule has 4 aromatic carbocycles. The third-order valence-electron chi connectivity index (χ3n) is 6.54. The number of nitrogens with one attached hydrogen (secondary N) is 3. The van der Waals surface area contributed by atoms with Crippen molar-refractivity contribution >= 4 is 69.3 Å². The van der Waals surface area contributed by atoms with E-state index >= 15 is 0 Å². The summed E-state index contributed by atoms with van der Waals surface area (Å²) in [6.07, 6.45) is 1.57. The molecule has 0 bridgehead atoms. The van der Waals surface area contributed by atoms with Crippen molar-refractivity contribution in [2.45, 2.75) is 18.7 Å². The molecule has 0 saturated heterocycles. The Morgan fingerprint density at radius 1 is 0.867 bits per heavy atom. The molecule has 0 saturated carbocycles. The molecule has 1 aromatic heterocycles. The third kappa shape index (κ3) is 8.92. The van der Waals surface area contributed by atoms with E-state index in [2.05, 4.69) is 20.9 Å². The van der Waals surface area contributed by atoms with Gasteiger partial charge in [0.25, 0.3) is 11.8 Å². The smallest absolute Gasteiger partial charge is 0.272 e. The SMILES string of the molecule is Cc1ccc(-c2nc(NC(=O)CSc3ccc(NC(=O)/C(=C/c4cccc(Cl)c4)NC(=O)c4ccccc4)cc3)sc2C)cc1. The van der Waals surface area contributed by atoms with Gasteiger partial charge in [0.2, 0.25) is 5.91 Å². The zero-order valence-corrected chi connectivity index (χ0v) is 26.9. The van der Waals surface area contributed by atoms with Gasteiger partial charge in [-0.3, -0.25) is 14.4 Å². The first-order valence-corrected chi connectivity index (χ1v) is 16.1. The first-order chi connectivity index (χ1) is 21.7. The number of hydrogen-bond acceptors (Lipinski definition) is 6. The lowest BCUT2D eigenvalue weighted by Crippen LogP contribution is -2.30. The maximum absolute atomic E-state index is 13.3. The van der Waals surface area contributed by atoms with Crippen LogP contribution >= 0.6 is 34.7 Å². The van der Waals surface area contributed by atoms with Crippen LogP contribution in [0.1, 0.15) is 26.4 Å². The highest BCUT2D eigenvalue weighted by Crippen LogP contribution is 2.31. The number of rotatable bonds is 10. The molecule has 1 heterocycles. The van der Waals surface area contributed by atoms with Crippen LogP contribution in [0.3, 0.4) is 0 Å². The third-order valence-corrected chi connectivity index (χ3v) is 8.67. The standard InChI is InChI=1S/C35H29ClN4O3S2/c1-22-11-13-25(14-12-22)32-23(2)45-35(40-32)39-31(41)21-44-29-17-15-28(16-18-29)37-34(43)30(20-24-7-6-10-27(36)19-24)38-33(42)26-8-4-3-5-9-26/h3-20H,21H2,1-2H3,(H,37,43)(H,38,42)(H,39,40,41)/b30-20-. The lowest BCUT2D eigenvalue weighted by atomic mass is 10.1. The van der Waals surface area contributed by atoms with Gasteiger partial charge < -0.3 is 16.0 Å². The molecular formula is C35H29ClN4O3S2. The van der Waals surface area contributed by atoms with E-state index in [4.69, 9.17) is 11.6 Å². The first-order valence-electron chi connectivity index (χ1n) is 14.0. The van der Waals surface area contributed by atoms with Crippen molar-refractivity contribution in [2.24, 2.45) is 0 Å². The molecule has 0 spiro atoms. The van der Waals surface area contributed by atoms with Gasteiger partial charge in [-0.25, -0.2) is 4.98 Å². The van der Waals surface area contributed by atoms with E-state index in [1.165, 1.54) is 28.7 Å². The molecular weight excluding hydrogens is 624 g/mol. The fourth-order valence-corrected chi connectivity index (χ4v) is 6.02. The number of halogens is 1. The highest BCUT2D eigenvalue weighted by molar-refractivity contribution is 8.00. The first kappa shape index (κ1) is 31.7. The summed E-state index contributed by atoms with van der Waals surface area (Å²) in [6, 6.07) is 30.9.